The van der Waals surface area contributed by atoms with Crippen LogP contribution in [-0.2, 0) is 11.3 Å². The van der Waals surface area contributed by atoms with Crippen molar-refractivity contribution in [2.45, 2.75) is 50.8 Å². The number of carbonyl (C=O) groups is 2. The second-order valence-corrected chi connectivity index (χ2v) is 8.66. The number of benzene rings is 2. The Morgan fingerprint density at radius 1 is 1.00 bits per heavy atom. The second kappa shape index (κ2) is 8.90. The smallest absolute Gasteiger partial charge is 0.410 e. The highest BCUT2D eigenvalue weighted by Gasteiger charge is 2.43. The van der Waals surface area contributed by atoms with Gasteiger partial charge in [0, 0.05) is 43.3 Å². The zero-order valence-electron chi connectivity index (χ0n) is 17.8. The number of hydrogen-bond acceptors (Lipinski definition) is 4. The predicted molar refractivity (Wildman–Crippen MR) is 118 cm³/mol. The van der Waals surface area contributed by atoms with Gasteiger partial charge in [0.05, 0.1) is 0 Å². The molecule has 0 aromatic heterocycles. The Bertz CT molecular complexity index is 882. The number of hydrogen-bond donors (Lipinski definition) is 0. The number of amides is 1. The standard InChI is InChI=1S/C25H30N2O3/c1-26(2)21-11-6-10-19(14-21)24(28)20-15-22-12-7-13-23(16-20)27(22)25(29)30-17-18-8-4-3-5-9-18/h3-6,8-11,14,20,22-23H,7,12-13,15-17H2,1-2H3. The van der Waals surface area contributed by atoms with Gasteiger partial charge in [-0.3, -0.25) is 4.79 Å². The largest absolute Gasteiger partial charge is 0.445 e. The SMILES string of the molecule is CN(C)c1cccc(C(=O)C2CC3CCCC(C2)N3C(=O)OCc2ccccc2)c1. The van der Waals surface area contributed by atoms with Gasteiger partial charge in [-0.2, -0.15) is 0 Å². The number of Topliss-reactive ketones (excluding diaryl/α,β-unsaturated/α-hetero) is 1. The molecule has 2 unspecified atom stereocenters. The molecule has 2 saturated heterocycles. The van der Waals surface area contributed by atoms with Crippen LogP contribution in [-0.4, -0.2) is 43.0 Å². The summed E-state index contributed by atoms with van der Waals surface area (Å²) < 4.78 is 5.62. The van der Waals surface area contributed by atoms with Crippen LogP contribution in [0.5, 0.6) is 0 Å². The van der Waals surface area contributed by atoms with Crippen molar-refractivity contribution in [2.75, 3.05) is 19.0 Å². The summed E-state index contributed by atoms with van der Waals surface area (Å²) in [4.78, 5) is 30.0. The van der Waals surface area contributed by atoms with Crippen molar-refractivity contribution in [1.29, 1.82) is 0 Å². The molecule has 2 atom stereocenters. The molecule has 2 aliphatic rings. The van der Waals surface area contributed by atoms with Crippen molar-refractivity contribution in [3.8, 4) is 0 Å². The van der Waals surface area contributed by atoms with Gasteiger partial charge < -0.3 is 14.5 Å². The molecule has 1 amide bonds. The van der Waals surface area contributed by atoms with Crippen molar-refractivity contribution in [3.63, 3.8) is 0 Å². The Kier molecular flexibility index (Phi) is 6.07. The zero-order valence-corrected chi connectivity index (χ0v) is 17.8. The molecular formula is C25H30N2O3. The van der Waals surface area contributed by atoms with E-state index in [0.29, 0.717) is 0 Å². The molecule has 2 fully saturated rings. The van der Waals surface area contributed by atoms with Crippen LogP contribution < -0.4 is 4.90 Å². The summed E-state index contributed by atoms with van der Waals surface area (Å²) in [5.41, 5.74) is 2.79. The summed E-state index contributed by atoms with van der Waals surface area (Å²) in [6.07, 6.45) is 4.20. The molecule has 5 nitrogen and oxygen atoms in total. The summed E-state index contributed by atoms with van der Waals surface area (Å²) in [7, 11) is 3.96. The molecule has 5 heteroatoms. The molecule has 0 spiro atoms. The molecule has 2 bridgehead atoms. The van der Waals surface area contributed by atoms with Crippen molar-refractivity contribution in [1.82, 2.24) is 4.90 Å². The fourth-order valence-corrected chi connectivity index (χ4v) is 4.86. The highest BCUT2D eigenvalue weighted by atomic mass is 16.6. The van der Waals surface area contributed by atoms with Crippen LogP contribution in [0.3, 0.4) is 0 Å². The molecule has 2 aromatic carbocycles. The van der Waals surface area contributed by atoms with E-state index in [9.17, 15) is 9.59 Å². The highest BCUT2D eigenvalue weighted by Crippen LogP contribution is 2.39. The number of carbonyl (C=O) groups excluding carboxylic acids is 2. The third-order valence-electron chi connectivity index (χ3n) is 6.41. The third kappa shape index (κ3) is 4.35. The number of nitrogens with zero attached hydrogens (tertiary/aromatic N) is 2. The van der Waals surface area contributed by atoms with Crippen LogP contribution in [0.15, 0.2) is 54.6 Å². The first-order valence-corrected chi connectivity index (χ1v) is 10.8. The van der Waals surface area contributed by atoms with E-state index in [-0.39, 0.29) is 36.5 Å². The van der Waals surface area contributed by atoms with Crippen molar-refractivity contribution in [2.24, 2.45) is 5.92 Å². The molecule has 2 heterocycles. The maximum Gasteiger partial charge on any atom is 0.410 e. The van der Waals surface area contributed by atoms with Gasteiger partial charge in [-0.1, -0.05) is 42.5 Å². The van der Waals surface area contributed by atoms with E-state index in [1.165, 1.54) is 0 Å². The lowest BCUT2D eigenvalue weighted by Gasteiger charge is -2.47. The predicted octanol–water partition coefficient (Wildman–Crippen LogP) is 4.91. The van der Waals surface area contributed by atoms with E-state index < -0.39 is 0 Å². The van der Waals surface area contributed by atoms with Gasteiger partial charge in [0.2, 0.25) is 0 Å². The molecule has 4 rings (SSSR count). The summed E-state index contributed by atoms with van der Waals surface area (Å²) in [6.45, 7) is 0.287. The minimum atomic E-state index is -0.242. The van der Waals surface area contributed by atoms with Gasteiger partial charge >= 0.3 is 6.09 Å². The van der Waals surface area contributed by atoms with E-state index in [1.54, 1.807) is 0 Å². The van der Waals surface area contributed by atoms with Crippen LogP contribution >= 0.6 is 0 Å². The molecule has 2 aromatic rings. The Hall–Kier alpha value is -2.82. The van der Waals surface area contributed by atoms with E-state index in [1.807, 2.05) is 78.5 Å². The lowest BCUT2D eigenvalue weighted by Crippen LogP contribution is -2.55. The average molecular weight is 407 g/mol. The molecule has 0 radical (unpaired) electrons. The van der Waals surface area contributed by atoms with Gasteiger partial charge in [-0.05, 0) is 49.8 Å². The fraction of sp³-hybridized carbons (Fsp3) is 0.440. The monoisotopic (exact) mass is 406 g/mol. The number of piperidine rings is 2. The first-order valence-electron chi connectivity index (χ1n) is 10.8. The molecule has 158 valence electrons. The highest BCUT2D eigenvalue weighted by molar-refractivity contribution is 5.98. The number of fused-ring (bicyclic) bond motifs is 2. The summed E-state index contributed by atoms with van der Waals surface area (Å²) in [5, 5.41) is 0. The molecule has 0 aliphatic carbocycles. The van der Waals surface area contributed by atoms with Crippen LogP contribution in [0.4, 0.5) is 10.5 Å². The van der Waals surface area contributed by atoms with Gasteiger partial charge in [0.1, 0.15) is 6.61 Å². The molecule has 0 N–H and O–H groups in total. The lowest BCUT2D eigenvalue weighted by atomic mass is 9.76. The quantitative estimate of drug-likeness (QED) is 0.663. The van der Waals surface area contributed by atoms with Crippen LogP contribution in [0.25, 0.3) is 0 Å². The zero-order chi connectivity index (χ0) is 21.1. The number of ether oxygens (including phenoxy) is 1. The molecule has 0 saturated carbocycles. The minimum Gasteiger partial charge on any atom is -0.445 e. The van der Waals surface area contributed by atoms with Gasteiger partial charge in [0.25, 0.3) is 0 Å². The fourth-order valence-electron chi connectivity index (χ4n) is 4.86. The lowest BCUT2D eigenvalue weighted by molar-refractivity contribution is 0.00473. The Morgan fingerprint density at radius 3 is 2.37 bits per heavy atom. The second-order valence-electron chi connectivity index (χ2n) is 8.66. The third-order valence-corrected chi connectivity index (χ3v) is 6.41. The topological polar surface area (TPSA) is 49.9 Å². The van der Waals surface area contributed by atoms with Crippen LogP contribution in [0.1, 0.15) is 48.0 Å². The maximum absolute atomic E-state index is 13.2. The minimum absolute atomic E-state index is 0.0316. The first kappa shape index (κ1) is 20.5. The summed E-state index contributed by atoms with van der Waals surface area (Å²) >= 11 is 0. The van der Waals surface area contributed by atoms with E-state index in [2.05, 4.69) is 0 Å². The molecule has 2 aliphatic heterocycles. The van der Waals surface area contributed by atoms with E-state index in [4.69, 9.17) is 4.74 Å². The summed E-state index contributed by atoms with van der Waals surface area (Å²) in [5.74, 6) is 0.170. The summed E-state index contributed by atoms with van der Waals surface area (Å²) in [6, 6.07) is 17.8. The maximum atomic E-state index is 13.2. The van der Waals surface area contributed by atoms with E-state index >= 15 is 0 Å². The van der Waals surface area contributed by atoms with Gasteiger partial charge in [-0.25, -0.2) is 4.79 Å². The Morgan fingerprint density at radius 2 is 1.70 bits per heavy atom. The van der Waals surface area contributed by atoms with E-state index in [0.717, 1.165) is 48.9 Å². The van der Waals surface area contributed by atoms with Crippen LogP contribution in [0.2, 0.25) is 0 Å². The number of rotatable bonds is 5. The Balaban J connectivity index is 1.43. The van der Waals surface area contributed by atoms with Gasteiger partial charge in [0.15, 0.2) is 5.78 Å². The number of anilines is 1. The van der Waals surface area contributed by atoms with Crippen LogP contribution in [0, 0.1) is 5.92 Å². The van der Waals surface area contributed by atoms with Crippen molar-refractivity contribution < 1.29 is 14.3 Å². The number of ketones is 1. The van der Waals surface area contributed by atoms with Crippen molar-refractivity contribution >= 4 is 17.6 Å². The molecular weight excluding hydrogens is 376 g/mol. The van der Waals surface area contributed by atoms with Crippen molar-refractivity contribution in [3.05, 3.63) is 65.7 Å². The van der Waals surface area contributed by atoms with Gasteiger partial charge in [-0.15, -0.1) is 0 Å². The average Bonchev–Trinajstić information content (AvgIpc) is 2.76. The normalized spacial score (nSPS) is 23.0. The Labute approximate surface area is 178 Å². The molecule has 30 heavy (non-hydrogen) atoms. The first-order chi connectivity index (χ1) is 14.5.